The summed E-state index contributed by atoms with van der Waals surface area (Å²) >= 11 is 17.6. The number of ether oxygens (including phenoxy) is 2. The highest BCUT2D eigenvalue weighted by Gasteiger charge is 2.17. The molecule has 0 N–H and O–H groups in total. The lowest BCUT2D eigenvalue weighted by Gasteiger charge is -2.15. The first-order valence-electron chi connectivity index (χ1n) is 6.66. The number of rotatable bonds is 5. The first-order chi connectivity index (χ1) is 11.5. The fourth-order valence-electron chi connectivity index (χ4n) is 1.72. The highest BCUT2D eigenvalue weighted by atomic mass is 35.5. The molecule has 24 heavy (non-hydrogen) atoms. The smallest absolute Gasteiger partial charge is 0.426 e. The van der Waals surface area contributed by atoms with Crippen molar-refractivity contribution in [2.75, 3.05) is 6.79 Å². The van der Waals surface area contributed by atoms with Crippen molar-refractivity contribution in [2.24, 2.45) is 0 Å². The van der Waals surface area contributed by atoms with Crippen molar-refractivity contribution in [1.82, 2.24) is 4.90 Å². The SMILES string of the molecule is N#CN(Cc1ccc(Cl)cc1Cl)C(=O)OCOc1ccc(Cl)cc1. The Morgan fingerprint density at radius 2 is 1.75 bits per heavy atom. The third kappa shape index (κ3) is 5.20. The number of amides is 1. The lowest BCUT2D eigenvalue weighted by molar-refractivity contribution is 0.0430. The Labute approximate surface area is 153 Å². The Hall–Kier alpha value is -2.13. The molecule has 1 amide bonds. The summed E-state index contributed by atoms with van der Waals surface area (Å²) in [6.45, 7) is -0.376. The number of carbonyl (C=O) groups is 1. The Bertz CT molecular complexity index is 760. The van der Waals surface area contributed by atoms with Crippen LogP contribution >= 0.6 is 34.8 Å². The van der Waals surface area contributed by atoms with Crippen LogP contribution in [0.4, 0.5) is 4.79 Å². The lowest BCUT2D eigenvalue weighted by atomic mass is 10.2. The molecule has 0 aliphatic heterocycles. The van der Waals surface area contributed by atoms with E-state index < -0.39 is 6.09 Å². The molecule has 2 aromatic rings. The van der Waals surface area contributed by atoms with Crippen LogP contribution in [-0.2, 0) is 11.3 Å². The number of hydrogen-bond donors (Lipinski definition) is 0. The van der Waals surface area contributed by atoms with Crippen LogP contribution in [0.25, 0.3) is 0 Å². The van der Waals surface area contributed by atoms with Gasteiger partial charge in [0.15, 0.2) is 6.19 Å². The van der Waals surface area contributed by atoms with Crippen molar-refractivity contribution in [3.8, 4) is 11.9 Å². The second kappa shape index (κ2) is 8.65. The monoisotopic (exact) mass is 384 g/mol. The predicted molar refractivity (Wildman–Crippen MR) is 91.0 cm³/mol. The van der Waals surface area contributed by atoms with E-state index in [0.717, 1.165) is 4.90 Å². The van der Waals surface area contributed by atoms with Crippen molar-refractivity contribution in [2.45, 2.75) is 6.54 Å². The van der Waals surface area contributed by atoms with Gasteiger partial charge in [0.05, 0.1) is 6.54 Å². The van der Waals surface area contributed by atoms with Crippen LogP contribution in [0, 0.1) is 11.5 Å². The summed E-state index contributed by atoms with van der Waals surface area (Å²) in [5.74, 6) is 0.483. The molecule has 0 saturated heterocycles. The number of carbonyl (C=O) groups excluding carboxylic acids is 1. The average Bonchev–Trinajstić information content (AvgIpc) is 2.56. The van der Waals surface area contributed by atoms with Crippen LogP contribution < -0.4 is 4.74 Å². The maximum Gasteiger partial charge on any atom is 0.426 e. The van der Waals surface area contributed by atoms with Gasteiger partial charge < -0.3 is 9.47 Å². The molecule has 2 aromatic carbocycles. The fourth-order valence-corrected chi connectivity index (χ4v) is 2.31. The number of hydrogen-bond acceptors (Lipinski definition) is 4. The van der Waals surface area contributed by atoms with Gasteiger partial charge in [-0.05, 0) is 42.0 Å². The van der Waals surface area contributed by atoms with E-state index in [1.54, 1.807) is 42.6 Å². The number of halogens is 3. The molecule has 0 aromatic heterocycles. The van der Waals surface area contributed by atoms with E-state index in [1.807, 2.05) is 0 Å². The summed E-state index contributed by atoms with van der Waals surface area (Å²) in [6, 6.07) is 11.3. The largest absolute Gasteiger partial charge is 0.457 e. The van der Waals surface area contributed by atoms with Gasteiger partial charge in [-0.2, -0.15) is 5.26 Å². The fraction of sp³-hybridized carbons (Fsp3) is 0.125. The highest BCUT2D eigenvalue weighted by Crippen LogP contribution is 2.22. The van der Waals surface area contributed by atoms with Gasteiger partial charge >= 0.3 is 6.09 Å². The minimum absolute atomic E-state index is 0.0354. The van der Waals surface area contributed by atoms with Crippen LogP contribution in [0.1, 0.15) is 5.56 Å². The Morgan fingerprint density at radius 3 is 2.38 bits per heavy atom. The zero-order valence-electron chi connectivity index (χ0n) is 12.2. The molecular weight excluding hydrogens is 375 g/mol. The average molecular weight is 386 g/mol. The molecule has 124 valence electrons. The maximum absolute atomic E-state index is 11.9. The van der Waals surface area contributed by atoms with Crippen LogP contribution in [0.15, 0.2) is 42.5 Å². The van der Waals surface area contributed by atoms with Crippen molar-refractivity contribution >= 4 is 40.9 Å². The molecule has 0 aliphatic carbocycles. The van der Waals surface area contributed by atoms with Crippen molar-refractivity contribution < 1.29 is 14.3 Å². The molecule has 0 fully saturated rings. The Kier molecular flexibility index (Phi) is 6.56. The second-order valence-electron chi connectivity index (χ2n) is 4.55. The van der Waals surface area contributed by atoms with E-state index in [0.29, 0.717) is 26.4 Å². The number of nitriles is 1. The first kappa shape index (κ1) is 18.2. The molecule has 0 aliphatic rings. The van der Waals surface area contributed by atoms with Crippen molar-refractivity contribution in [3.63, 3.8) is 0 Å². The lowest BCUT2D eigenvalue weighted by Crippen LogP contribution is -2.27. The van der Waals surface area contributed by atoms with Crippen molar-refractivity contribution in [3.05, 3.63) is 63.1 Å². The van der Waals surface area contributed by atoms with Gasteiger partial charge in [0.2, 0.25) is 6.79 Å². The van der Waals surface area contributed by atoms with E-state index in [9.17, 15) is 4.79 Å². The summed E-state index contributed by atoms with van der Waals surface area (Å²) in [7, 11) is 0. The van der Waals surface area contributed by atoms with Crippen molar-refractivity contribution in [1.29, 1.82) is 5.26 Å². The molecule has 0 heterocycles. The minimum atomic E-state index is -0.850. The second-order valence-corrected chi connectivity index (χ2v) is 5.83. The Morgan fingerprint density at radius 1 is 1.08 bits per heavy atom. The van der Waals surface area contributed by atoms with Gasteiger partial charge in [0, 0.05) is 15.1 Å². The topological polar surface area (TPSA) is 62.6 Å². The van der Waals surface area contributed by atoms with Crippen LogP contribution in [-0.4, -0.2) is 17.8 Å². The minimum Gasteiger partial charge on any atom is -0.457 e. The molecule has 0 unspecified atom stereocenters. The molecular formula is C16H11Cl3N2O3. The van der Waals surface area contributed by atoms with E-state index >= 15 is 0 Å². The molecule has 0 spiro atoms. The summed E-state index contributed by atoms with van der Waals surface area (Å²) in [4.78, 5) is 12.7. The first-order valence-corrected chi connectivity index (χ1v) is 7.79. The van der Waals surface area contributed by atoms with Crippen LogP contribution in [0.3, 0.4) is 0 Å². The molecule has 8 heteroatoms. The van der Waals surface area contributed by atoms with Crippen LogP contribution in [0.2, 0.25) is 15.1 Å². The van der Waals surface area contributed by atoms with Gasteiger partial charge in [0.1, 0.15) is 5.75 Å². The maximum atomic E-state index is 11.9. The van der Waals surface area contributed by atoms with Gasteiger partial charge in [-0.3, -0.25) is 0 Å². The highest BCUT2D eigenvalue weighted by molar-refractivity contribution is 6.35. The van der Waals surface area contributed by atoms with E-state index in [4.69, 9.17) is 49.5 Å². The third-order valence-electron chi connectivity index (χ3n) is 2.91. The molecule has 0 radical (unpaired) electrons. The summed E-state index contributed by atoms with van der Waals surface area (Å²) in [6.07, 6.45) is 0.893. The number of nitrogens with zero attached hydrogens (tertiary/aromatic N) is 2. The van der Waals surface area contributed by atoms with E-state index in [-0.39, 0.29) is 13.3 Å². The summed E-state index contributed by atoms with van der Waals surface area (Å²) < 4.78 is 10.1. The number of benzene rings is 2. The van der Waals surface area contributed by atoms with Gasteiger partial charge in [-0.1, -0.05) is 40.9 Å². The Balaban J connectivity index is 1.89. The summed E-state index contributed by atoms with van der Waals surface area (Å²) in [5.41, 5.74) is 0.568. The van der Waals surface area contributed by atoms with Gasteiger partial charge in [0.25, 0.3) is 0 Å². The zero-order chi connectivity index (χ0) is 17.5. The third-order valence-corrected chi connectivity index (χ3v) is 3.75. The molecule has 5 nitrogen and oxygen atoms in total. The zero-order valence-corrected chi connectivity index (χ0v) is 14.5. The van der Waals surface area contributed by atoms with Crippen LogP contribution in [0.5, 0.6) is 5.75 Å². The van der Waals surface area contributed by atoms with E-state index in [1.165, 1.54) is 6.07 Å². The van der Waals surface area contributed by atoms with E-state index in [2.05, 4.69) is 0 Å². The quantitative estimate of drug-likeness (QED) is 0.408. The predicted octanol–water partition coefficient (Wildman–Crippen LogP) is 5.10. The normalized spacial score (nSPS) is 9.92. The molecule has 2 rings (SSSR count). The van der Waals surface area contributed by atoms with Gasteiger partial charge in [-0.25, -0.2) is 9.69 Å². The molecule has 0 bridgehead atoms. The van der Waals surface area contributed by atoms with Gasteiger partial charge in [-0.15, -0.1) is 0 Å². The molecule has 0 atom stereocenters. The summed E-state index contributed by atoms with van der Waals surface area (Å²) in [5, 5.41) is 10.5. The standard InChI is InChI=1S/C16H11Cl3N2O3/c17-12-3-5-14(6-4-12)23-10-24-16(22)21(9-20)8-11-1-2-13(18)7-15(11)19/h1-7H,8,10H2. The molecule has 0 saturated carbocycles.